The molecular formula is C18H19N3. The molecule has 1 aliphatic carbocycles. The average Bonchev–Trinajstić information content (AvgIpc) is 2.55. The number of hydrogen-bond acceptors (Lipinski definition) is 3. The summed E-state index contributed by atoms with van der Waals surface area (Å²) in [5.74, 6) is 0.805. The maximum atomic E-state index is 8.79. The lowest BCUT2D eigenvalue weighted by Crippen LogP contribution is -2.10. The Labute approximate surface area is 125 Å². The van der Waals surface area contributed by atoms with Crippen LogP contribution in [-0.2, 0) is 12.8 Å². The molecule has 1 N–H and O–H groups in total. The van der Waals surface area contributed by atoms with Crippen molar-refractivity contribution < 1.29 is 0 Å². The van der Waals surface area contributed by atoms with Crippen LogP contribution in [0.4, 0.5) is 5.82 Å². The van der Waals surface area contributed by atoms with Crippen molar-refractivity contribution in [3.63, 3.8) is 0 Å². The highest BCUT2D eigenvalue weighted by molar-refractivity contribution is 5.43. The van der Waals surface area contributed by atoms with E-state index in [-0.39, 0.29) is 6.04 Å². The normalized spacial score (nSPS) is 14.9. The summed E-state index contributed by atoms with van der Waals surface area (Å²) in [6, 6.07) is 12.7. The molecule has 106 valence electrons. The van der Waals surface area contributed by atoms with Gasteiger partial charge in [0.1, 0.15) is 11.9 Å². The fraction of sp³-hybridized carbons (Fsp3) is 0.333. The minimum Gasteiger partial charge on any atom is -0.364 e. The van der Waals surface area contributed by atoms with Crippen molar-refractivity contribution in [1.29, 1.82) is 5.26 Å². The summed E-state index contributed by atoms with van der Waals surface area (Å²) < 4.78 is 0. The molecule has 0 bridgehead atoms. The number of aromatic nitrogens is 1. The van der Waals surface area contributed by atoms with Crippen LogP contribution >= 0.6 is 0 Å². The van der Waals surface area contributed by atoms with Gasteiger partial charge < -0.3 is 5.32 Å². The van der Waals surface area contributed by atoms with Crippen molar-refractivity contribution in [3.8, 4) is 6.07 Å². The highest BCUT2D eigenvalue weighted by atomic mass is 15.0. The number of hydrogen-bond donors (Lipinski definition) is 1. The SMILES string of the molecule is C[C@H](Nc1ccc(C#N)cn1)c1ccc2c(c1)CCCC2. The molecule has 0 saturated heterocycles. The lowest BCUT2D eigenvalue weighted by Gasteiger charge is -2.20. The number of nitrogens with zero attached hydrogens (tertiary/aromatic N) is 2. The van der Waals surface area contributed by atoms with Gasteiger partial charge in [-0.25, -0.2) is 4.98 Å². The molecule has 1 aliphatic rings. The quantitative estimate of drug-likeness (QED) is 0.922. The minimum absolute atomic E-state index is 0.206. The molecular weight excluding hydrogens is 258 g/mol. The predicted molar refractivity (Wildman–Crippen MR) is 84.1 cm³/mol. The Bertz CT molecular complexity index is 668. The van der Waals surface area contributed by atoms with Gasteiger partial charge in [-0.1, -0.05) is 18.2 Å². The number of anilines is 1. The van der Waals surface area contributed by atoms with E-state index < -0.39 is 0 Å². The van der Waals surface area contributed by atoms with Crippen LogP contribution in [0.15, 0.2) is 36.5 Å². The summed E-state index contributed by atoms with van der Waals surface area (Å²) in [5, 5.41) is 12.2. The van der Waals surface area contributed by atoms with Crippen molar-refractivity contribution in [2.24, 2.45) is 0 Å². The van der Waals surface area contributed by atoms with Gasteiger partial charge in [-0.2, -0.15) is 5.26 Å². The Kier molecular flexibility index (Phi) is 3.87. The van der Waals surface area contributed by atoms with E-state index in [9.17, 15) is 0 Å². The smallest absolute Gasteiger partial charge is 0.126 e. The average molecular weight is 277 g/mol. The first-order chi connectivity index (χ1) is 10.3. The van der Waals surface area contributed by atoms with Crippen LogP contribution in [0.2, 0.25) is 0 Å². The lowest BCUT2D eigenvalue weighted by atomic mass is 9.89. The maximum absolute atomic E-state index is 8.79. The maximum Gasteiger partial charge on any atom is 0.126 e. The van der Waals surface area contributed by atoms with Gasteiger partial charge in [0, 0.05) is 12.2 Å². The van der Waals surface area contributed by atoms with Gasteiger partial charge in [-0.05, 0) is 61.4 Å². The molecule has 0 aliphatic heterocycles. The van der Waals surface area contributed by atoms with Crippen LogP contribution in [0.1, 0.15) is 48.1 Å². The van der Waals surface area contributed by atoms with Gasteiger partial charge in [0.25, 0.3) is 0 Å². The summed E-state index contributed by atoms with van der Waals surface area (Å²) in [7, 11) is 0. The Morgan fingerprint density at radius 1 is 1.14 bits per heavy atom. The molecule has 1 aromatic carbocycles. The van der Waals surface area contributed by atoms with Crippen LogP contribution in [0.25, 0.3) is 0 Å². The molecule has 21 heavy (non-hydrogen) atoms. The summed E-state index contributed by atoms with van der Waals surface area (Å²) >= 11 is 0. The predicted octanol–water partition coefficient (Wildman–Crippen LogP) is 4.01. The molecule has 1 aromatic heterocycles. The molecule has 0 fully saturated rings. The molecule has 3 rings (SSSR count). The standard InChI is InChI=1S/C18H19N3/c1-13(21-18-9-6-14(11-19)12-20-18)16-8-7-15-4-2-3-5-17(15)10-16/h6-10,12-13H,2-5H2,1H3,(H,20,21)/t13-/m0/s1. The highest BCUT2D eigenvalue weighted by Crippen LogP contribution is 2.26. The van der Waals surface area contributed by atoms with E-state index in [4.69, 9.17) is 5.26 Å². The first kappa shape index (κ1) is 13.6. The molecule has 0 saturated carbocycles. The first-order valence-corrected chi connectivity index (χ1v) is 7.50. The molecule has 3 nitrogen and oxygen atoms in total. The second-order valence-corrected chi connectivity index (χ2v) is 5.65. The molecule has 0 radical (unpaired) electrons. The van der Waals surface area contributed by atoms with E-state index in [1.165, 1.54) is 42.4 Å². The molecule has 3 heteroatoms. The molecule has 1 atom stereocenters. The van der Waals surface area contributed by atoms with Crippen molar-refractivity contribution in [3.05, 3.63) is 58.8 Å². The Balaban J connectivity index is 1.75. The Morgan fingerprint density at radius 3 is 2.67 bits per heavy atom. The molecule has 0 amide bonds. The Hall–Kier alpha value is -2.34. The molecule has 0 unspecified atom stereocenters. The van der Waals surface area contributed by atoms with Gasteiger partial charge >= 0.3 is 0 Å². The van der Waals surface area contributed by atoms with Crippen molar-refractivity contribution >= 4 is 5.82 Å². The number of fused-ring (bicyclic) bond motifs is 1. The van der Waals surface area contributed by atoms with E-state index in [2.05, 4.69) is 41.5 Å². The third-order valence-corrected chi connectivity index (χ3v) is 4.13. The summed E-state index contributed by atoms with van der Waals surface area (Å²) in [4.78, 5) is 4.27. The topological polar surface area (TPSA) is 48.7 Å². The van der Waals surface area contributed by atoms with Gasteiger partial charge in [-0.3, -0.25) is 0 Å². The van der Waals surface area contributed by atoms with Crippen LogP contribution in [0, 0.1) is 11.3 Å². The largest absolute Gasteiger partial charge is 0.364 e. The summed E-state index contributed by atoms with van der Waals surface area (Å²) in [6.07, 6.45) is 6.63. The van der Waals surface area contributed by atoms with E-state index in [1.54, 1.807) is 12.3 Å². The summed E-state index contributed by atoms with van der Waals surface area (Å²) in [5.41, 5.74) is 4.89. The van der Waals surface area contributed by atoms with Crippen molar-refractivity contribution in [2.45, 2.75) is 38.6 Å². The van der Waals surface area contributed by atoms with Crippen LogP contribution in [-0.4, -0.2) is 4.98 Å². The number of pyridine rings is 1. The van der Waals surface area contributed by atoms with E-state index in [1.807, 2.05) is 6.07 Å². The fourth-order valence-corrected chi connectivity index (χ4v) is 2.87. The minimum atomic E-state index is 0.206. The second kappa shape index (κ2) is 5.97. The Morgan fingerprint density at radius 2 is 1.95 bits per heavy atom. The molecule has 0 spiro atoms. The highest BCUT2D eigenvalue weighted by Gasteiger charge is 2.12. The lowest BCUT2D eigenvalue weighted by molar-refractivity contribution is 0.683. The van der Waals surface area contributed by atoms with Crippen LogP contribution < -0.4 is 5.32 Å². The van der Waals surface area contributed by atoms with Crippen LogP contribution in [0.5, 0.6) is 0 Å². The van der Waals surface area contributed by atoms with Gasteiger partial charge in [-0.15, -0.1) is 0 Å². The van der Waals surface area contributed by atoms with E-state index >= 15 is 0 Å². The third-order valence-electron chi connectivity index (χ3n) is 4.13. The molecule has 1 heterocycles. The number of nitriles is 1. The third kappa shape index (κ3) is 3.05. The van der Waals surface area contributed by atoms with Crippen molar-refractivity contribution in [2.75, 3.05) is 5.32 Å². The number of nitrogens with one attached hydrogen (secondary N) is 1. The van der Waals surface area contributed by atoms with E-state index in [0.717, 1.165) is 5.82 Å². The molecule has 2 aromatic rings. The van der Waals surface area contributed by atoms with Gasteiger partial charge in [0.2, 0.25) is 0 Å². The van der Waals surface area contributed by atoms with Crippen molar-refractivity contribution in [1.82, 2.24) is 4.98 Å². The fourth-order valence-electron chi connectivity index (χ4n) is 2.87. The van der Waals surface area contributed by atoms with E-state index in [0.29, 0.717) is 5.56 Å². The second-order valence-electron chi connectivity index (χ2n) is 5.65. The summed E-state index contributed by atoms with van der Waals surface area (Å²) in [6.45, 7) is 2.14. The van der Waals surface area contributed by atoms with Gasteiger partial charge in [0.15, 0.2) is 0 Å². The zero-order valence-corrected chi connectivity index (χ0v) is 12.3. The number of benzene rings is 1. The first-order valence-electron chi connectivity index (χ1n) is 7.50. The number of aryl methyl sites for hydroxylation is 2. The zero-order chi connectivity index (χ0) is 14.7. The zero-order valence-electron chi connectivity index (χ0n) is 12.3. The van der Waals surface area contributed by atoms with Crippen LogP contribution in [0.3, 0.4) is 0 Å². The van der Waals surface area contributed by atoms with Gasteiger partial charge in [0.05, 0.1) is 5.56 Å². The number of rotatable bonds is 3. The monoisotopic (exact) mass is 277 g/mol.